The minimum atomic E-state index is -0.167. The number of rotatable bonds is 0. The lowest BCUT2D eigenvalue weighted by Gasteiger charge is -1.80. The highest BCUT2D eigenvalue weighted by Gasteiger charge is 1.69. The fourth-order valence-electron chi connectivity index (χ4n) is 0. The van der Waals surface area contributed by atoms with Crippen LogP contribution in [0.4, 0.5) is 0 Å². The van der Waals surface area contributed by atoms with Gasteiger partial charge in [-0.1, -0.05) is 0 Å². The summed E-state index contributed by atoms with van der Waals surface area (Å²) in [4.78, 5) is 0. The molecule has 0 atom stereocenters. The summed E-state index contributed by atoms with van der Waals surface area (Å²) in [6, 6.07) is 0. The summed E-state index contributed by atoms with van der Waals surface area (Å²) in [5.41, 5.74) is 0. The lowest BCUT2D eigenvalue weighted by Crippen LogP contribution is -1.85. The van der Waals surface area contributed by atoms with Gasteiger partial charge in [-0.05, 0) is 13.8 Å². The second kappa shape index (κ2) is 9.33. The molecule has 0 aromatic carbocycles. The van der Waals surface area contributed by atoms with Crippen molar-refractivity contribution in [1.82, 2.24) is 0 Å². The number of aliphatic hydroxyl groups is 1. The predicted molar refractivity (Wildman–Crippen MR) is 35.2 cm³/mol. The van der Waals surface area contributed by atoms with Gasteiger partial charge >= 0.3 is 0 Å². The van der Waals surface area contributed by atoms with Gasteiger partial charge in [0, 0.05) is 34.4 Å². The summed E-state index contributed by atoms with van der Waals surface area (Å²) < 4.78 is 0. The third-order valence-electron chi connectivity index (χ3n) is 0. The highest BCUT2D eigenvalue weighted by atomic mass is 80.9. The van der Waals surface area contributed by atoms with Gasteiger partial charge in [0.05, 0.1) is 0 Å². The maximum Gasteiger partial charge on any atom is 0.0483 e. The Morgan fingerprint density at radius 3 is 1.33 bits per heavy atom. The molecule has 6 heavy (non-hydrogen) atoms. The first-order chi connectivity index (χ1) is 2.73. The van der Waals surface area contributed by atoms with Crippen LogP contribution < -0.4 is 0 Å². The molecule has 3 heteroatoms. The third-order valence-corrected chi connectivity index (χ3v) is 0. The molecule has 0 aliphatic rings. The van der Waals surface area contributed by atoms with Gasteiger partial charge in [0.2, 0.25) is 0 Å². The summed E-state index contributed by atoms with van der Waals surface area (Å²) in [5.74, 6) is 0. The molecule has 0 aromatic rings. The molecule has 40 valence electrons. The molecule has 0 amide bonds. The summed E-state index contributed by atoms with van der Waals surface area (Å²) in [7, 11) is 0. The fourth-order valence-corrected chi connectivity index (χ4v) is 0. The van der Waals surface area contributed by atoms with E-state index < -0.39 is 0 Å². The highest BCUT2D eigenvalue weighted by molar-refractivity contribution is 9.93. The first-order valence-corrected chi connectivity index (χ1v) is 5.27. The Balaban J connectivity index is 0. The quantitative estimate of drug-likeness (QED) is 0.662. The topological polar surface area (TPSA) is 20.2 Å². The van der Waals surface area contributed by atoms with Crippen molar-refractivity contribution in [2.24, 2.45) is 0 Å². The van der Waals surface area contributed by atoms with Crippen molar-refractivity contribution in [2.45, 2.75) is 20.0 Å². The van der Waals surface area contributed by atoms with Crippen molar-refractivity contribution < 1.29 is 5.11 Å². The molecule has 0 spiro atoms. The maximum absolute atomic E-state index is 8.06. The lowest BCUT2D eigenvalue weighted by atomic mass is 10.5. The fraction of sp³-hybridized carbons (Fsp3) is 1.00. The van der Waals surface area contributed by atoms with Crippen molar-refractivity contribution in [3.63, 3.8) is 0 Å². The molecule has 1 nitrogen and oxygen atoms in total. The van der Waals surface area contributed by atoms with E-state index in [1.54, 1.807) is 13.8 Å². The minimum Gasteiger partial charge on any atom is -0.394 e. The van der Waals surface area contributed by atoms with Gasteiger partial charge in [-0.15, -0.1) is 0 Å². The van der Waals surface area contributed by atoms with Crippen molar-refractivity contribution >= 4 is 28.3 Å². The van der Waals surface area contributed by atoms with Crippen LogP contribution in [0, 0.1) is 0 Å². The normalized spacial score (nSPS) is 7.00. The molecule has 0 fully saturated rings. The molecule has 0 aromatic heterocycles. The van der Waals surface area contributed by atoms with Crippen LogP contribution in [0.5, 0.6) is 0 Å². The van der Waals surface area contributed by atoms with E-state index in [4.69, 9.17) is 5.11 Å². The number of hydrogen-bond acceptors (Lipinski definition) is 1. The standard InChI is InChI=1S/C3H8O.Br2/c1-3(2)4;1-2/h3-4H,1-2H3;. The van der Waals surface area contributed by atoms with Crippen molar-refractivity contribution in [1.29, 1.82) is 0 Å². The summed E-state index contributed by atoms with van der Waals surface area (Å²) in [5, 5.41) is 8.06. The zero-order valence-electron chi connectivity index (χ0n) is 3.78. The number of aliphatic hydroxyl groups excluding tert-OH is 1. The smallest absolute Gasteiger partial charge is 0.0483 e. The first-order valence-electron chi connectivity index (χ1n) is 1.56. The average Bonchev–Trinajstić information content (AvgIpc) is 1.41. The van der Waals surface area contributed by atoms with E-state index in [1.807, 2.05) is 0 Å². The van der Waals surface area contributed by atoms with Crippen LogP contribution in [0.1, 0.15) is 13.8 Å². The molecule has 0 aliphatic heterocycles. The average molecular weight is 220 g/mol. The van der Waals surface area contributed by atoms with E-state index in [-0.39, 0.29) is 6.10 Å². The zero-order chi connectivity index (χ0) is 5.58. The second-order valence-electron chi connectivity index (χ2n) is 1.09. The largest absolute Gasteiger partial charge is 0.394 e. The van der Waals surface area contributed by atoms with E-state index in [0.717, 1.165) is 0 Å². The van der Waals surface area contributed by atoms with Crippen LogP contribution in [-0.2, 0) is 0 Å². The molecule has 0 unspecified atom stereocenters. The van der Waals surface area contributed by atoms with E-state index in [0.29, 0.717) is 0 Å². The van der Waals surface area contributed by atoms with Gasteiger partial charge in [0.1, 0.15) is 0 Å². The predicted octanol–water partition coefficient (Wildman–Crippen LogP) is 2.08. The van der Waals surface area contributed by atoms with Gasteiger partial charge in [0.25, 0.3) is 0 Å². The third kappa shape index (κ3) is 89.3. The van der Waals surface area contributed by atoms with Gasteiger partial charge in [0.15, 0.2) is 0 Å². The molecular formula is C3H8Br2O. The Morgan fingerprint density at radius 2 is 1.33 bits per heavy atom. The molecule has 0 aliphatic carbocycles. The molecule has 0 heterocycles. The van der Waals surface area contributed by atoms with Crippen LogP contribution in [0.15, 0.2) is 0 Å². The summed E-state index contributed by atoms with van der Waals surface area (Å²) in [6.45, 7) is 3.44. The van der Waals surface area contributed by atoms with E-state index in [9.17, 15) is 0 Å². The van der Waals surface area contributed by atoms with Crippen molar-refractivity contribution in [2.75, 3.05) is 0 Å². The Bertz CT molecular complexity index is 13.5. The highest BCUT2D eigenvalue weighted by Crippen LogP contribution is 1.85. The van der Waals surface area contributed by atoms with Gasteiger partial charge in [-0.3, -0.25) is 0 Å². The van der Waals surface area contributed by atoms with Crippen molar-refractivity contribution in [3.8, 4) is 0 Å². The Labute approximate surface area is 53.6 Å². The van der Waals surface area contributed by atoms with Crippen LogP contribution in [0.25, 0.3) is 0 Å². The van der Waals surface area contributed by atoms with E-state index in [1.165, 1.54) is 0 Å². The number of hydrogen-bond donors (Lipinski definition) is 1. The molecular weight excluding hydrogens is 212 g/mol. The maximum atomic E-state index is 8.06. The monoisotopic (exact) mass is 218 g/mol. The lowest BCUT2D eigenvalue weighted by molar-refractivity contribution is 0.216. The van der Waals surface area contributed by atoms with Crippen LogP contribution in [0.3, 0.4) is 0 Å². The van der Waals surface area contributed by atoms with Gasteiger partial charge in [-0.2, -0.15) is 0 Å². The van der Waals surface area contributed by atoms with Crippen LogP contribution in [0.2, 0.25) is 0 Å². The van der Waals surface area contributed by atoms with Crippen LogP contribution >= 0.6 is 28.3 Å². The molecule has 0 saturated carbocycles. The van der Waals surface area contributed by atoms with Crippen LogP contribution in [-0.4, -0.2) is 11.2 Å². The van der Waals surface area contributed by atoms with E-state index in [2.05, 4.69) is 28.3 Å². The van der Waals surface area contributed by atoms with Gasteiger partial charge in [-0.25, -0.2) is 0 Å². The Kier molecular flexibility index (Phi) is 15.6. The van der Waals surface area contributed by atoms with Gasteiger partial charge < -0.3 is 5.11 Å². The minimum absolute atomic E-state index is 0.167. The Morgan fingerprint density at radius 1 is 1.33 bits per heavy atom. The first kappa shape index (κ1) is 10.0. The van der Waals surface area contributed by atoms with Crippen molar-refractivity contribution in [3.05, 3.63) is 0 Å². The molecule has 0 bridgehead atoms. The molecule has 1 N–H and O–H groups in total. The number of halogens is 2. The SMILES string of the molecule is BrBr.CC(C)O. The summed E-state index contributed by atoms with van der Waals surface area (Å²) in [6.07, 6.45) is -0.167. The summed E-state index contributed by atoms with van der Waals surface area (Å²) >= 11 is 5.50. The second-order valence-corrected chi connectivity index (χ2v) is 1.09. The van der Waals surface area contributed by atoms with E-state index >= 15 is 0 Å². The molecule has 0 radical (unpaired) electrons. The molecule has 0 rings (SSSR count). The molecule has 0 saturated heterocycles. The Hall–Kier alpha value is 0.920. The zero-order valence-corrected chi connectivity index (χ0v) is 6.95.